The van der Waals surface area contributed by atoms with Gasteiger partial charge in [0, 0.05) is 15.6 Å². The van der Waals surface area contributed by atoms with Crippen LogP contribution < -0.4 is 34.4 Å². The first kappa shape index (κ1) is 31.0. The van der Waals surface area contributed by atoms with Crippen LogP contribution >= 0.6 is 15.9 Å². The Balaban J connectivity index is 1.60. The van der Waals surface area contributed by atoms with Crippen LogP contribution in [0.2, 0.25) is 0 Å². The van der Waals surface area contributed by atoms with Crippen molar-refractivity contribution in [1.82, 2.24) is 10.7 Å². The van der Waals surface area contributed by atoms with E-state index in [0.29, 0.717) is 45.2 Å². The summed E-state index contributed by atoms with van der Waals surface area (Å²) in [5, 5.41) is 6.44. The minimum atomic E-state index is -0.582. The van der Waals surface area contributed by atoms with Gasteiger partial charge in [-0.25, -0.2) is 10.2 Å². The first-order chi connectivity index (χ1) is 19.8. The van der Waals surface area contributed by atoms with Gasteiger partial charge in [0.25, 0.3) is 11.8 Å². The summed E-state index contributed by atoms with van der Waals surface area (Å²) in [6, 6.07) is 14.6. The largest absolute Gasteiger partial charge is 0.494 e. The lowest BCUT2D eigenvalue weighted by Crippen LogP contribution is -2.35. The molecule has 0 spiro atoms. The average molecular weight is 628 g/mol. The summed E-state index contributed by atoms with van der Waals surface area (Å²) in [7, 11) is 4.32. The highest BCUT2D eigenvalue weighted by Gasteiger charge is 2.17. The maximum absolute atomic E-state index is 12.7. The third kappa shape index (κ3) is 8.70. The maximum Gasteiger partial charge on any atom is 0.343 e. The van der Waals surface area contributed by atoms with Crippen molar-refractivity contribution in [3.05, 3.63) is 75.8 Å². The van der Waals surface area contributed by atoms with Crippen molar-refractivity contribution in [2.45, 2.75) is 13.3 Å². The number of ether oxygens (including phenoxy) is 5. The van der Waals surface area contributed by atoms with Crippen LogP contribution in [0.4, 0.5) is 0 Å². The van der Waals surface area contributed by atoms with Crippen LogP contribution in [0.15, 0.2) is 64.2 Å². The van der Waals surface area contributed by atoms with E-state index >= 15 is 0 Å². The Labute approximate surface area is 245 Å². The number of hydrogen-bond donors (Lipinski definition) is 2. The number of rotatable bonds is 13. The lowest BCUT2D eigenvalue weighted by molar-refractivity contribution is -0.120. The summed E-state index contributed by atoms with van der Waals surface area (Å²) in [6.45, 7) is 2.24. The van der Waals surface area contributed by atoms with Gasteiger partial charge in [0.15, 0.2) is 11.5 Å². The summed E-state index contributed by atoms with van der Waals surface area (Å²) >= 11 is 3.37. The predicted molar refractivity (Wildman–Crippen MR) is 155 cm³/mol. The molecular formula is C29H30BrN3O8. The first-order valence-corrected chi connectivity index (χ1v) is 13.2. The highest BCUT2D eigenvalue weighted by atomic mass is 79.9. The van der Waals surface area contributed by atoms with Crippen molar-refractivity contribution in [3.8, 4) is 28.7 Å². The van der Waals surface area contributed by atoms with Crippen LogP contribution in [-0.4, -0.2) is 58.5 Å². The third-order valence-electron chi connectivity index (χ3n) is 5.47. The molecular weight excluding hydrogens is 598 g/mol. The van der Waals surface area contributed by atoms with Gasteiger partial charge < -0.3 is 29.0 Å². The molecule has 0 aromatic heterocycles. The fourth-order valence-electron chi connectivity index (χ4n) is 3.47. The maximum atomic E-state index is 12.7. The molecule has 41 heavy (non-hydrogen) atoms. The number of carbonyl (C=O) groups excluding carboxylic acids is 3. The highest BCUT2D eigenvalue weighted by molar-refractivity contribution is 9.10. The van der Waals surface area contributed by atoms with E-state index in [9.17, 15) is 14.4 Å². The average Bonchev–Trinajstić information content (AvgIpc) is 2.99. The van der Waals surface area contributed by atoms with E-state index in [0.717, 1.165) is 6.42 Å². The molecule has 3 rings (SSSR count). The van der Waals surface area contributed by atoms with Crippen molar-refractivity contribution < 1.29 is 38.1 Å². The van der Waals surface area contributed by atoms with E-state index in [2.05, 4.69) is 31.8 Å². The van der Waals surface area contributed by atoms with Crippen molar-refractivity contribution in [2.24, 2.45) is 5.10 Å². The molecule has 3 aromatic rings. The first-order valence-electron chi connectivity index (χ1n) is 12.4. The zero-order valence-corrected chi connectivity index (χ0v) is 24.6. The molecule has 0 unspecified atom stereocenters. The van der Waals surface area contributed by atoms with E-state index in [1.165, 1.54) is 39.7 Å². The van der Waals surface area contributed by atoms with Crippen molar-refractivity contribution in [2.75, 3.05) is 34.5 Å². The fourth-order valence-corrected chi connectivity index (χ4v) is 3.85. The Morgan fingerprint density at radius 1 is 0.878 bits per heavy atom. The van der Waals surface area contributed by atoms with Crippen molar-refractivity contribution in [1.29, 1.82) is 0 Å². The second kappa shape index (κ2) is 15.3. The van der Waals surface area contributed by atoms with Gasteiger partial charge in [0.05, 0.1) is 46.3 Å². The number of nitrogens with zero attached hydrogens (tertiary/aromatic N) is 1. The topological polar surface area (TPSA) is 134 Å². The minimum absolute atomic E-state index is 0.208. The lowest BCUT2D eigenvalue weighted by Gasteiger charge is -2.14. The normalized spacial score (nSPS) is 10.6. The van der Waals surface area contributed by atoms with Gasteiger partial charge in [-0.2, -0.15) is 5.10 Å². The Morgan fingerprint density at radius 2 is 1.56 bits per heavy atom. The fraction of sp³-hybridized carbons (Fsp3) is 0.241. The Hall–Kier alpha value is -4.58. The van der Waals surface area contributed by atoms with E-state index in [-0.39, 0.29) is 17.9 Å². The number of halogens is 1. The van der Waals surface area contributed by atoms with Crippen LogP contribution in [0.25, 0.3) is 0 Å². The molecule has 0 aliphatic heterocycles. The van der Waals surface area contributed by atoms with Crippen LogP contribution in [0.3, 0.4) is 0 Å². The molecule has 0 aliphatic carbocycles. The summed E-state index contributed by atoms with van der Waals surface area (Å²) in [4.78, 5) is 37.6. The molecule has 0 saturated carbocycles. The van der Waals surface area contributed by atoms with Crippen LogP contribution in [0, 0.1) is 0 Å². The van der Waals surface area contributed by atoms with Crippen molar-refractivity contribution >= 4 is 39.9 Å². The van der Waals surface area contributed by atoms with Gasteiger partial charge in [0.1, 0.15) is 11.5 Å². The third-order valence-corrected chi connectivity index (χ3v) is 5.96. The van der Waals surface area contributed by atoms with Crippen LogP contribution in [0.1, 0.15) is 39.6 Å². The molecule has 0 saturated heterocycles. The standard InChI is InChI=1S/C29H30BrN3O8/c1-5-12-40-22-9-6-18(7-10-22)29(36)41-23-11-8-21(30)13-20(23)16-32-33-26(34)17-31-28(35)19-14-24(37-2)27(39-4)25(15-19)38-3/h6-11,13-16H,5,12,17H2,1-4H3,(H,31,35)(H,33,34)/b32-16-. The van der Waals surface area contributed by atoms with Crippen molar-refractivity contribution in [3.63, 3.8) is 0 Å². The number of carbonyl (C=O) groups is 3. The molecule has 216 valence electrons. The molecule has 0 fully saturated rings. The van der Waals surface area contributed by atoms with E-state index in [1.807, 2.05) is 6.92 Å². The molecule has 2 amide bonds. The van der Waals surface area contributed by atoms with E-state index in [4.69, 9.17) is 23.7 Å². The van der Waals surface area contributed by atoms with Gasteiger partial charge in [-0.15, -0.1) is 0 Å². The number of amides is 2. The molecule has 0 atom stereocenters. The number of esters is 1. The molecule has 0 bridgehead atoms. The van der Waals surface area contributed by atoms with E-state index < -0.39 is 17.8 Å². The molecule has 0 heterocycles. The predicted octanol–water partition coefficient (Wildman–Crippen LogP) is 4.36. The van der Waals surface area contributed by atoms with Gasteiger partial charge in [0.2, 0.25) is 5.75 Å². The zero-order valence-electron chi connectivity index (χ0n) is 23.0. The Morgan fingerprint density at radius 3 is 2.17 bits per heavy atom. The SMILES string of the molecule is CCCOc1ccc(C(=O)Oc2ccc(Br)cc2/C=N\NC(=O)CNC(=O)c2cc(OC)c(OC)c(OC)c2)cc1. The summed E-state index contributed by atoms with van der Waals surface area (Å²) in [5.41, 5.74) is 3.31. The number of methoxy groups -OCH3 is 3. The molecule has 2 N–H and O–H groups in total. The van der Waals surface area contributed by atoms with Gasteiger partial charge >= 0.3 is 5.97 Å². The summed E-state index contributed by atoms with van der Waals surface area (Å²) in [6.07, 6.45) is 2.20. The number of hydrogen-bond acceptors (Lipinski definition) is 9. The highest BCUT2D eigenvalue weighted by Crippen LogP contribution is 2.38. The van der Waals surface area contributed by atoms with Crippen LogP contribution in [0.5, 0.6) is 28.7 Å². The molecule has 11 nitrogen and oxygen atoms in total. The minimum Gasteiger partial charge on any atom is -0.494 e. The van der Waals surface area contributed by atoms with Crippen LogP contribution in [-0.2, 0) is 4.79 Å². The number of benzene rings is 3. The number of hydrazone groups is 1. The number of nitrogens with one attached hydrogen (secondary N) is 2. The quantitative estimate of drug-likeness (QED) is 0.124. The monoisotopic (exact) mass is 627 g/mol. The molecule has 0 radical (unpaired) electrons. The van der Waals surface area contributed by atoms with Gasteiger partial charge in [-0.3, -0.25) is 9.59 Å². The lowest BCUT2D eigenvalue weighted by atomic mass is 10.1. The van der Waals surface area contributed by atoms with Gasteiger partial charge in [-0.1, -0.05) is 22.9 Å². The zero-order chi connectivity index (χ0) is 29.8. The Bertz CT molecular complexity index is 1380. The second-order valence-electron chi connectivity index (χ2n) is 8.33. The van der Waals surface area contributed by atoms with Gasteiger partial charge in [-0.05, 0) is 61.0 Å². The molecule has 12 heteroatoms. The smallest absolute Gasteiger partial charge is 0.343 e. The Kier molecular flexibility index (Phi) is 11.5. The second-order valence-corrected chi connectivity index (χ2v) is 9.25. The summed E-state index contributed by atoms with van der Waals surface area (Å²) in [5.74, 6) is 0.154. The molecule has 0 aliphatic rings. The molecule has 3 aromatic carbocycles. The summed E-state index contributed by atoms with van der Waals surface area (Å²) < 4.78 is 27.6. The van der Waals surface area contributed by atoms with E-state index in [1.54, 1.807) is 42.5 Å².